The standard InChI is InChI=1S/C16H17BrN2/c17-15-7-3-4-8-16(15)19-10-9-18-11-13-5-1-2-6-14(13)12-19/h1-8,18H,9-12H2. The van der Waals surface area contributed by atoms with Crippen LogP contribution >= 0.6 is 15.9 Å². The molecule has 0 aromatic heterocycles. The molecular weight excluding hydrogens is 300 g/mol. The highest BCUT2D eigenvalue weighted by molar-refractivity contribution is 9.10. The molecule has 0 spiro atoms. The predicted octanol–water partition coefficient (Wildman–Crippen LogP) is 3.56. The molecule has 2 nitrogen and oxygen atoms in total. The summed E-state index contributed by atoms with van der Waals surface area (Å²) in [5.74, 6) is 0. The minimum Gasteiger partial charge on any atom is -0.365 e. The fourth-order valence-electron chi connectivity index (χ4n) is 2.52. The van der Waals surface area contributed by atoms with Crippen LogP contribution in [0, 0.1) is 0 Å². The van der Waals surface area contributed by atoms with Crippen LogP contribution in [0.15, 0.2) is 53.0 Å². The van der Waals surface area contributed by atoms with E-state index in [0.717, 1.165) is 30.7 Å². The van der Waals surface area contributed by atoms with Gasteiger partial charge in [0.1, 0.15) is 0 Å². The largest absolute Gasteiger partial charge is 0.365 e. The average Bonchev–Trinajstić information content (AvgIpc) is 2.41. The van der Waals surface area contributed by atoms with Crippen molar-refractivity contribution in [2.24, 2.45) is 0 Å². The van der Waals surface area contributed by atoms with E-state index in [9.17, 15) is 0 Å². The Balaban J connectivity index is 1.94. The minimum atomic E-state index is 0.972. The third-order valence-corrected chi connectivity index (χ3v) is 4.22. The van der Waals surface area contributed by atoms with Gasteiger partial charge in [-0.05, 0) is 39.2 Å². The Morgan fingerprint density at radius 2 is 1.68 bits per heavy atom. The normalized spacial score (nSPS) is 15.5. The van der Waals surface area contributed by atoms with Crippen molar-refractivity contribution < 1.29 is 0 Å². The molecule has 0 unspecified atom stereocenters. The van der Waals surface area contributed by atoms with Crippen molar-refractivity contribution in [3.63, 3.8) is 0 Å². The lowest BCUT2D eigenvalue weighted by molar-refractivity contribution is 0.631. The molecule has 0 saturated heterocycles. The van der Waals surface area contributed by atoms with E-state index in [1.165, 1.54) is 16.8 Å². The van der Waals surface area contributed by atoms with Gasteiger partial charge in [-0.3, -0.25) is 0 Å². The summed E-state index contributed by atoms with van der Waals surface area (Å²) >= 11 is 3.65. The number of nitrogens with one attached hydrogen (secondary N) is 1. The first-order valence-electron chi connectivity index (χ1n) is 6.61. The van der Waals surface area contributed by atoms with Gasteiger partial charge >= 0.3 is 0 Å². The quantitative estimate of drug-likeness (QED) is 0.865. The van der Waals surface area contributed by atoms with Crippen LogP contribution in [-0.2, 0) is 13.1 Å². The first-order chi connectivity index (χ1) is 9.34. The van der Waals surface area contributed by atoms with Crippen LogP contribution in [-0.4, -0.2) is 13.1 Å². The summed E-state index contributed by atoms with van der Waals surface area (Å²) in [6.45, 7) is 3.98. The highest BCUT2D eigenvalue weighted by atomic mass is 79.9. The van der Waals surface area contributed by atoms with E-state index < -0.39 is 0 Å². The average molecular weight is 317 g/mol. The Bertz CT molecular complexity index is 568. The maximum atomic E-state index is 3.65. The van der Waals surface area contributed by atoms with Gasteiger partial charge in [-0.1, -0.05) is 36.4 Å². The summed E-state index contributed by atoms with van der Waals surface area (Å²) in [6.07, 6.45) is 0. The molecular formula is C16H17BrN2. The second-order valence-corrected chi connectivity index (χ2v) is 5.67. The third-order valence-electron chi connectivity index (χ3n) is 3.55. The van der Waals surface area contributed by atoms with Crippen molar-refractivity contribution in [1.82, 2.24) is 5.32 Å². The molecule has 3 heteroatoms. The maximum Gasteiger partial charge on any atom is 0.0514 e. The number of anilines is 1. The minimum absolute atomic E-state index is 0.972. The van der Waals surface area contributed by atoms with Gasteiger partial charge in [0.05, 0.1) is 5.69 Å². The topological polar surface area (TPSA) is 15.3 Å². The zero-order valence-electron chi connectivity index (χ0n) is 10.8. The number of benzene rings is 2. The van der Waals surface area contributed by atoms with Crippen LogP contribution in [0.1, 0.15) is 11.1 Å². The van der Waals surface area contributed by atoms with E-state index >= 15 is 0 Å². The molecule has 0 atom stereocenters. The predicted molar refractivity (Wildman–Crippen MR) is 83.3 cm³/mol. The summed E-state index contributed by atoms with van der Waals surface area (Å²) in [6, 6.07) is 17.1. The molecule has 0 saturated carbocycles. The van der Waals surface area contributed by atoms with Crippen molar-refractivity contribution >= 4 is 21.6 Å². The highest BCUT2D eigenvalue weighted by Crippen LogP contribution is 2.28. The molecule has 0 amide bonds. The molecule has 2 aromatic carbocycles. The molecule has 98 valence electrons. The van der Waals surface area contributed by atoms with Gasteiger partial charge in [0.2, 0.25) is 0 Å². The van der Waals surface area contributed by atoms with Gasteiger partial charge in [-0.15, -0.1) is 0 Å². The summed E-state index contributed by atoms with van der Waals surface area (Å²) in [5, 5.41) is 3.51. The van der Waals surface area contributed by atoms with Crippen LogP contribution in [0.25, 0.3) is 0 Å². The molecule has 3 rings (SSSR count). The molecule has 2 aromatic rings. The van der Waals surface area contributed by atoms with Gasteiger partial charge in [0, 0.05) is 30.7 Å². The summed E-state index contributed by atoms with van der Waals surface area (Å²) in [7, 11) is 0. The van der Waals surface area contributed by atoms with E-state index in [-0.39, 0.29) is 0 Å². The van der Waals surface area contributed by atoms with Gasteiger partial charge in [0.15, 0.2) is 0 Å². The fourth-order valence-corrected chi connectivity index (χ4v) is 3.06. The zero-order valence-corrected chi connectivity index (χ0v) is 12.4. The lowest BCUT2D eigenvalue weighted by atomic mass is 10.1. The first kappa shape index (κ1) is 12.7. The number of fused-ring (bicyclic) bond motifs is 1. The molecule has 1 N–H and O–H groups in total. The molecule has 1 heterocycles. The maximum absolute atomic E-state index is 3.65. The van der Waals surface area contributed by atoms with Crippen LogP contribution < -0.4 is 10.2 Å². The number of rotatable bonds is 1. The molecule has 0 aliphatic carbocycles. The van der Waals surface area contributed by atoms with E-state index in [2.05, 4.69) is 74.7 Å². The molecule has 0 fully saturated rings. The Morgan fingerprint density at radius 1 is 0.947 bits per heavy atom. The van der Waals surface area contributed by atoms with E-state index in [0.29, 0.717) is 0 Å². The molecule has 1 aliphatic heterocycles. The Kier molecular flexibility index (Phi) is 3.85. The van der Waals surface area contributed by atoms with E-state index in [4.69, 9.17) is 0 Å². The monoisotopic (exact) mass is 316 g/mol. The molecule has 1 aliphatic rings. The second kappa shape index (κ2) is 5.76. The summed E-state index contributed by atoms with van der Waals surface area (Å²) < 4.78 is 1.16. The number of para-hydroxylation sites is 1. The van der Waals surface area contributed by atoms with E-state index in [1.54, 1.807) is 0 Å². The Labute approximate surface area is 122 Å². The molecule has 19 heavy (non-hydrogen) atoms. The van der Waals surface area contributed by atoms with Crippen molar-refractivity contribution in [2.75, 3.05) is 18.0 Å². The number of halogens is 1. The van der Waals surface area contributed by atoms with Crippen molar-refractivity contribution in [3.05, 3.63) is 64.1 Å². The summed E-state index contributed by atoms with van der Waals surface area (Å²) in [4.78, 5) is 2.43. The van der Waals surface area contributed by atoms with Crippen LogP contribution in [0.3, 0.4) is 0 Å². The zero-order chi connectivity index (χ0) is 13.1. The lowest BCUT2D eigenvalue weighted by Gasteiger charge is -2.29. The lowest BCUT2D eigenvalue weighted by Crippen LogP contribution is -2.34. The SMILES string of the molecule is Brc1ccccc1N1CCNCc2ccccc2C1. The number of hydrogen-bond donors (Lipinski definition) is 1. The fraction of sp³-hybridized carbons (Fsp3) is 0.250. The molecule has 0 radical (unpaired) electrons. The Hall–Kier alpha value is -1.32. The van der Waals surface area contributed by atoms with Crippen LogP contribution in [0.2, 0.25) is 0 Å². The number of hydrogen-bond acceptors (Lipinski definition) is 2. The van der Waals surface area contributed by atoms with Crippen LogP contribution in [0.4, 0.5) is 5.69 Å². The van der Waals surface area contributed by atoms with Crippen LogP contribution in [0.5, 0.6) is 0 Å². The van der Waals surface area contributed by atoms with Crippen molar-refractivity contribution in [3.8, 4) is 0 Å². The highest BCUT2D eigenvalue weighted by Gasteiger charge is 2.14. The van der Waals surface area contributed by atoms with Gasteiger partial charge in [-0.25, -0.2) is 0 Å². The van der Waals surface area contributed by atoms with Gasteiger partial charge < -0.3 is 10.2 Å². The smallest absolute Gasteiger partial charge is 0.0514 e. The number of nitrogens with zero attached hydrogens (tertiary/aromatic N) is 1. The Morgan fingerprint density at radius 3 is 2.53 bits per heavy atom. The second-order valence-electron chi connectivity index (χ2n) is 4.82. The third kappa shape index (κ3) is 2.82. The van der Waals surface area contributed by atoms with E-state index in [1.807, 2.05) is 0 Å². The summed E-state index contributed by atoms with van der Waals surface area (Å²) in [5.41, 5.74) is 4.07. The van der Waals surface area contributed by atoms with Crippen molar-refractivity contribution in [1.29, 1.82) is 0 Å². The molecule has 0 bridgehead atoms. The van der Waals surface area contributed by atoms with Crippen molar-refractivity contribution in [2.45, 2.75) is 13.1 Å². The first-order valence-corrected chi connectivity index (χ1v) is 7.41. The van der Waals surface area contributed by atoms with Gasteiger partial charge in [-0.2, -0.15) is 0 Å². The van der Waals surface area contributed by atoms with Gasteiger partial charge in [0.25, 0.3) is 0 Å².